The van der Waals surface area contributed by atoms with Crippen molar-refractivity contribution in [1.29, 1.82) is 0 Å². The molecule has 0 spiro atoms. The molecule has 6 aromatic rings. The number of nitrogens with zero attached hydrogens (tertiary/aromatic N) is 2. The second-order valence-corrected chi connectivity index (χ2v) is 9.62. The Bertz CT molecular complexity index is 2010. The molecule has 0 radical (unpaired) electrons. The number of carbonyl (C=O) groups excluding carboxylic acids is 2. The van der Waals surface area contributed by atoms with Gasteiger partial charge in [-0.3, -0.25) is 0 Å². The van der Waals surface area contributed by atoms with Crippen LogP contribution in [0, 0.1) is 0 Å². The van der Waals surface area contributed by atoms with Gasteiger partial charge in [0.15, 0.2) is 11.5 Å². The highest BCUT2D eigenvalue weighted by atomic mass is 16.5. The Morgan fingerprint density at radius 2 is 1.18 bits per heavy atom. The molecule has 0 N–H and O–H groups in total. The van der Waals surface area contributed by atoms with Gasteiger partial charge in [0.2, 0.25) is 0 Å². The van der Waals surface area contributed by atoms with Gasteiger partial charge in [-0.05, 0) is 41.5 Å². The molecule has 8 nitrogen and oxygen atoms in total. The van der Waals surface area contributed by atoms with Crippen molar-refractivity contribution in [3.8, 4) is 22.6 Å². The van der Waals surface area contributed by atoms with Crippen LogP contribution in [0.5, 0.6) is 11.5 Å². The lowest BCUT2D eigenvalue weighted by atomic mass is 9.95. The van der Waals surface area contributed by atoms with Crippen molar-refractivity contribution in [3.63, 3.8) is 0 Å². The Kier molecular flexibility index (Phi) is 5.91. The molecule has 6 rings (SSSR count). The van der Waals surface area contributed by atoms with Crippen molar-refractivity contribution in [1.82, 2.24) is 9.13 Å². The molecule has 8 heteroatoms. The number of aryl methyl sites for hydroxylation is 2. The van der Waals surface area contributed by atoms with E-state index < -0.39 is 11.9 Å². The van der Waals surface area contributed by atoms with Crippen molar-refractivity contribution in [3.05, 3.63) is 71.8 Å². The smallest absolute Gasteiger partial charge is 0.340 e. The summed E-state index contributed by atoms with van der Waals surface area (Å²) in [6.45, 7) is 0. The Balaban J connectivity index is 1.88. The minimum Gasteiger partial charge on any atom is -0.493 e. The minimum atomic E-state index is -0.412. The van der Waals surface area contributed by atoms with Crippen molar-refractivity contribution in [2.24, 2.45) is 14.1 Å². The van der Waals surface area contributed by atoms with Crippen LogP contribution in [-0.4, -0.2) is 49.5 Å². The molecule has 0 unspecified atom stereocenters. The first-order valence-electron chi connectivity index (χ1n) is 12.7. The fourth-order valence-corrected chi connectivity index (χ4v) is 6.04. The van der Waals surface area contributed by atoms with Crippen LogP contribution >= 0.6 is 0 Å². The third-order valence-corrected chi connectivity index (χ3v) is 7.75. The lowest BCUT2D eigenvalue weighted by Gasteiger charge is -2.12. The molecule has 2 heterocycles. The number of ether oxygens (including phenoxy) is 4. The van der Waals surface area contributed by atoms with Crippen LogP contribution in [0.2, 0.25) is 0 Å². The quantitative estimate of drug-likeness (QED) is 0.243. The van der Waals surface area contributed by atoms with Crippen LogP contribution in [-0.2, 0) is 23.6 Å². The van der Waals surface area contributed by atoms with Crippen molar-refractivity contribution < 1.29 is 28.5 Å². The van der Waals surface area contributed by atoms with Crippen LogP contribution in [0.15, 0.2) is 60.7 Å². The maximum atomic E-state index is 12.9. The van der Waals surface area contributed by atoms with Crippen molar-refractivity contribution >= 4 is 55.6 Å². The van der Waals surface area contributed by atoms with Gasteiger partial charge in [0, 0.05) is 35.6 Å². The summed E-state index contributed by atoms with van der Waals surface area (Å²) in [6.07, 6.45) is 0. The summed E-state index contributed by atoms with van der Waals surface area (Å²) in [6, 6.07) is 19.3. The summed E-state index contributed by atoms with van der Waals surface area (Å²) in [7, 11) is 9.89. The Hall–Kier alpha value is -4.98. The van der Waals surface area contributed by atoms with Crippen LogP contribution in [0.4, 0.5) is 0 Å². The summed E-state index contributed by atoms with van der Waals surface area (Å²) < 4.78 is 25.5. The Labute approximate surface area is 230 Å². The number of carbonyl (C=O) groups is 2. The van der Waals surface area contributed by atoms with Crippen molar-refractivity contribution in [2.45, 2.75) is 0 Å². The van der Waals surface area contributed by atoms with E-state index in [1.165, 1.54) is 14.2 Å². The Morgan fingerprint density at radius 3 is 1.77 bits per heavy atom. The number of esters is 2. The van der Waals surface area contributed by atoms with E-state index in [0.29, 0.717) is 22.6 Å². The molecule has 202 valence electrons. The predicted molar refractivity (Wildman–Crippen MR) is 156 cm³/mol. The standard InChI is InChI=1S/C32H28N2O6/c1-33-27-18(9-7-11-20(27)31(35)39-5)23-16-22(17-13-14-24(37-3)25(15-17)38-4)26-19-10-8-12-21(32(36)40-6)28(19)34(2)30(26)29(23)33/h7-16H,1-6H3. The van der Waals surface area contributed by atoms with E-state index in [0.717, 1.165) is 54.7 Å². The van der Waals surface area contributed by atoms with E-state index in [1.54, 1.807) is 26.4 Å². The van der Waals surface area contributed by atoms with E-state index >= 15 is 0 Å². The molecule has 0 aliphatic rings. The first-order chi connectivity index (χ1) is 19.4. The fraction of sp³-hybridized carbons (Fsp3) is 0.188. The minimum absolute atomic E-state index is 0.405. The highest BCUT2D eigenvalue weighted by molar-refractivity contribution is 6.29. The lowest BCUT2D eigenvalue weighted by Crippen LogP contribution is -2.05. The van der Waals surface area contributed by atoms with Gasteiger partial charge in [-0.1, -0.05) is 30.3 Å². The highest BCUT2D eigenvalue weighted by Gasteiger charge is 2.26. The van der Waals surface area contributed by atoms with E-state index in [9.17, 15) is 9.59 Å². The largest absolute Gasteiger partial charge is 0.493 e. The van der Waals surface area contributed by atoms with E-state index in [1.807, 2.05) is 65.7 Å². The van der Waals surface area contributed by atoms with Gasteiger partial charge in [0.05, 0.1) is 61.6 Å². The van der Waals surface area contributed by atoms with E-state index in [-0.39, 0.29) is 0 Å². The molecule has 0 amide bonds. The van der Waals surface area contributed by atoms with E-state index in [4.69, 9.17) is 18.9 Å². The molecule has 2 aromatic heterocycles. The molecule has 0 atom stereocenters. The zero-order valence-corrected chi connectivity index (χ0v) is 23.1. The third kappa shape index (κ3) is 3.38. The molecule has 0 saturated heterocycles. The van der Waals surface area contributed by atoms with Gasteiger partial charge in [0.1, 0.15) is 0 Å². The lowest BCUT2D eigenvalue weighted by molar-refractivity contribution is 0.0593. The molecule has 0 aliphatic carbocycles. The van der Waals surface area contributed by atoms with Gasteiger partial charge in [0.25, 0.3) is 0 Å². The van der Waals surface area contributed by atoms with Gasteiger partial charge in [-0.15, -0.1) is 0 Å². The summed E-state index contributed by atoms with van der Waals surface area (Å²) in [5.74, 6) is 0.417. The topological polar surface area (TPSA) is 80.9 Å². The average molecular weight is 537 g/mol. The molecule has 0 bridgehead atoms. The molecule has 0 saturated carbocycles. The average Bonchev–Trinajstić information content (AvgIpc) is 3.46. The van der Waals surface area contributed by atoms with Gasteiger partial charge < -0.3 is 28.1 Å². The number of methoxy groups -OCH3 is 4. The van der Waals surface area contributed by atoms with Gasteiger partial charge in [-0.2, -0.15) is 0 Å². The predicted octanol–water partition coefficient (Wildman–Crippen LogP) is 6.23. The molecule has 0 fully saturated rings. The third-order valence-electron chi connectivity index (χ3n) is 7.75. The molecule has 4 aromatic carbocycles. The number of benzene rings is 4. The maximum absolute atomic E-state index is 12.9. The van der Waals surface area contributed by atoms with Crippen molar-refractivity contribution in [2.75, 3.05) is 28.4 Å². The first kappa shape index (κ1) is 25.3. The summed E-state index contributed by atoms with van der Waals surface area (Å²) >= 11 is 0. The molecular formula is C32H28N2O6. The fourth-order valence-electron chi connectivity index (χ4n) is 6.04. The number of fused-ring (bicyclic) bond motifs is 7. The van der Waals surface area contributed by atoms with Crippen LogP contribution in [0.3, 0.4) is 0 Å². The zero-order chi connectivity index (χ0) is 28.3. The number of para-hydroxylation sites is 2. The van der Waals surface area contributed by atoms with Crippen LogP contribution in [0.1, 0.15) is 20.7 Å². The molecule has 0 aliphatic heterocycles. The summed E-state index contributed by atoms with van der Waals surface area (Å²) in [4.78, 5) is 25.6. The number of aromatic nitrogens is 2. The summed E-state index contributed by atoms with van der Waals surface area (Å²) in [5.41, 5.74) is 6.20. The summed E-state index contributed by atoms with van der Waals surface area (Å²) in [5, 5.41) is 3.76. The molecule has 40 heavy (non-hydrogen) atoms. The maximum Gasteiger partial charge on any atom is 0.340 e. The number of hydrogen-bond acceptors (Lipinski definition) is 6. The van der Waals surface area contributed by atoms with E-state index in [2.05, 4.69) is 6.07 Å². The second-order valence-electron chi connectivity index (χ2n) is 9.62. The first-order valence-corrected chi connectivity index (χ1v) is 12.7. The Morgan fingerprint density at radius 1 is 0.600 bits per heavy atom. The van der Waals surface area contributed by atoms with Crippen LogP contribution < -0.4 is 9.47 Å². The highest BCUT2D eigenvalue weighted by Crippen LogP contribution is 2.46. The normalized spacial score (nSPS) is 11.4. The zero-order valence-electron chi connectivity index (χ0n) is 23.1. The molecular weight excluding hydrogens is 508 g/mol. The van der Waals surface area contributed by atoms with Gasteiger partial charge in [-0.25, -0.2) is 9.59 Å². The number of hydrogen-bond donors (Lipinski definition) is 0. The SMILES string of the molecule is COC(=O)c1cccc2c3cc(-c4ccc(OC)c(OC)c4)c4c5cccc(C(=O)OC)c5n(C)c4c3n(C)c12. The van der Waals surface area contributed by atoms with Gasteiger partial charge >= 0.3 is 11.9 Å². The number of rotatable bonds is 5. The van der Waals surface area contributed by atoms with Crippen LogP contribution in [0.25, 0.3) is 54.7 Å². The monoisotopic (exact) mass is 536 g/mol. The second kappa shape index (κ2) is 9.34.